The molecule has 3 rings (SSSR count). The van der Waals surface area contributed by atoms with E-state index in [2.05, 4.69) is 5.10 Å². The Morgan fingerprint density at radius 3 is 2.42 bits per heavy atom. The van der Waals surface area contributed by atoms with E-state index in [9.17, 15) is 4.79 Å². The lowest BCUT2D eigenvalue weighted by Crippen LogP contribution is -2.49. The second kappa shape index (κ2) is 9.99. The number of aromatic nitrogens is 2. The lowest BCUT2D eigenvalue weighted by Gasteiger charge is -2.24. The molecule has 4 N–H and O–H groups in total. The molecule has 10 nitrogen and oxygen atoms in total. The van der Waals surface area contributed by atoms with Gasteiger partial charge in [-0.3, -0.25) is 5.01 Å². The van der Waals surface area contributed by atoms with Gasteiger partial charge in [-0.15, -0.1) is 0 Å². The van der Waals surface area contributed by atoms with Crippen LogP contribution < -0.4 is 30.9 Å². The fraction of sp³-hybridized carbons (Fsp3) is 0.273. The zero-order valence-electron chi connectivity index (χ0n) is 19.1. The van der Waals surface area contributed by atoms with Gasteiger partial charge in [-0.25, -0.2) is 26.2 Å². The van der Waals surface area contributed by atoms with Crippen molar-refractivity contribution in [3.05, 3.63) is 58.4 Å². The molecule has 2 amide bonds. The molecule has 0 aliphatic rings. The first-order chi connectivity index (χ1) is 15.7. The van der Waals surface area contributed by atoms with Crippen LogP contribution >= 0.6 is 11.6 Å². The summed E-state index contributed by atoms with van der Waals surface area (Å²) in [5.41, 5.74) is 3.34. The third-order valence-electron chi connectivity index (χ3n) is 5.06. The van der Waals surface area contributed by atoms with Crippen molar-refractivity contribution in [2.24, 2.45) is 11.7 Å². The number of amides is 2. The van der Waals surface area contributed by atoms with Crippen molar-refractivity contribution >= 4 is 23.3 Å². The molecule has 176 valence electrons. The number of benzene rings is 2. The minimum atomic E-state index is -0.604. The van der Waals surface area contributed by atoms with Gasteiger partial charge >= 0.3 is 6.03 Å². The van der Waals surface area contributed by atoms with Crippen LogP contribution in [0.4, 0.5) is 10.5 Å². The van der Waals surface area contributed by atoms with Crippen LogP contribution in [0.2, 0.25) is 5.02 Å². The molecule has 0 radical (unpaired) electrons. The van der Waals surface area contributed by atoms with Gasteiger partial charge in [0.05, 0.1) is 41.9 Å². The van der Waals surface area contributed by atoms with E-state index >= 15 is 0 Å². The molecule has 0 saturated heterocycles. The van der Waals surface area contributed by atoms with E-state index in [0.29, 0.717) is 27.8 Å². The summed E-state index contributed by atoms with van der Waals surface area (Å²) >= 11 is 6.51. The van der Waals surface area contributed by atoms with E-state index in [1.165, 1.54) is 14.2 Å². The van der Waals surface area contributed by atoms with Crippen molar-refractivity contribution in [2.75, 3.05) is 26.3 Å². The van der Waals surface area contributed by atoms with Crippen molar-refractivity contribution in [1.82, 2.24) is 14.8 Å². The highest BCUT2D eigenvalue weighted by Crippen LogP contribution is 2.33. The maximum atomic E-state index is 12.3. The molecule has 0 fully saturated rings. The largest absolute Gasteiger partial charge is 0.496 e. The number of nitrogens with zero attached hydrogens (tertiary/aromatic N) is 4. The Hall–Kier alpha value is -3.47. The van der Waals surface area contributed by atoms with Gasteiger partial charge < -0.3 is 14.2 Å². The van der Waals surface area contributed by atoms with Gasteiger partial charge in [0.1, 0.15) is 23.8 Å². The van der Waals surface area contributed by atoms with Crippen LogP contribution in [-0.4, -0.2) is 42.1 Å². The van der Waals surface area contributed by atoms with Crippen LogP contribution in [-0.2, 0) is 6.61 Å². The number of anilines is 1. The van der Waals surface area contributed by atoms with Crippen molar-refractivity contribution in [1.29, 1.82) is 0 Å². The summed E-state index contributed by atoms with van der Waals surface area (Å²) in [4.78, 5) is 12.3. The summed E-state index contributed by atoms with van der Waals surface area (Å²) in [6.45, 7) is 3.83. The highest BCUT2D eigenvalue weighted by atomic mass is 35.5. The van der Waals surface area contributed by atoms with Crippen molar-refractivity contribution in [2.45, 2.75) is 20.5 Å². The van der Waals surface area contributed by atoms with E-state index in [1.54, 1.807) is 42.1 Å². The Morgan fingerprint density at radius 1 is 1.12 bits per heavy atom. The molecule has 0 aliphatic carbocycles. The molecule has 33 heavy (non-hydrogen) atoms. The fourth-order valence-electron chi connectivity index (χ4n) is 3.45. The first-order valence-electron chi connectivity index (χ1n) is 9.95. The second-order valence-corrected chi connectivity index (χ2v) is 7.65. The first kappa shape index (κ1) is 24.2. The molecular formula is C22H27ClN6O4. The zero-order valence-corrected chi connectivity index (χ0v) is 19.9. The van der Waals surface area contributed by atoms with Crippen LogP contribution in [0.3, 0.4) is 0 Å². The summed E-state index contributed by atoms with van der Waals surface area (Å²) in [7, 11) is 4.53. The van der Waals surface area contributed by atoms with Crippen LogP contribution in [0.25, 0.3) is 5.69 Å². The summed E-state index contributed by atoms with van der Waals surface area (Å²) in [6.07, 6.45) is 0. The predicted octanol–water partition coefficient (Wildman–Crippen LogP) is 3.34. The SMILES string of the molecule is COc1cccc(N(N)C(=O)N(C)N)c1COc1ccc(-n2nc(C)c(OC)c2C)cc1Cl. The van der Waals surface area contributed by atoms with Crippen molar-refractivity contribution in [3.8, 4) is 22.9 Å². The van der Waals surface area contributed by atoms with E-state index in [0.717, 1.165) is 32.8 Å². The van der Waals surface area contributed by atoms with Gasteiger partial charge in [0.25, 0.3) is 0 Å². The number of carbonyl (C=O) groups is 1. The minimum Gasteiger partial charge on any atom is -0.496 e. The Bertz CT molecular complexity index is 1160. The molecule has 0 saturated carbocycles. The number of halogens is 1. The topological polar surface area (TPSA) is 121 Å². The molecule has 0 bridgehead atoms. The van der Waals surface area contributed by atoms with Crippen LogP contribution in [0.15, 0.2) is 36.4 Å². The first-order valence-corrected chi connectivity index (χ1v) is 10.3. The molecule has 0 unspecified atom stereocenters. The highest BCUT2D eigenvalue weighted by molar-refractivity contribution is 6.32. The summed E-state index contributed by atoms with van der Waals surface area (Å²) in [5.74, 6) is 13.2. The number of nitrogens with two attached hydrogens (primary N) is 2. The number of rotatable bonds is 7. The Labute approximate surface area is 197 Å². The quantitative estimate of drug-likeness (QED) is 0.306. The molecule has 2 aromatic carbocycles. The molecule has 1 aromatic heterocycles. The highest BCUT2D eigenvalue weighted by Gasteiger charge is 2.21. The van der Waals surface area contributed by atoms with Crippen molar-refractivity contribution < 1.29 is 19.0 Å². The summed E-state index contributed by atoms with van der Waals surface area (Å²) in [6, 6.07) is 9.86. The average molecular weight is 475 g/mol. The number of ether oxygens (including phenoxy) is 3. The smallest absolute Gasteiger partial charge is 0.352 e. The van der Waals surface area contributed by atoms with Crippen LogP contribution in [0.1, 0.15) is 17.0 Å². The molecule has 0 spiro atoms. The number of hydrogen-bond donors (Lipinski definition) is 2. The minimum absolute atomic E-state index is 0.0431. The number of hydrogen-bond acceptors (Lipinski definition) is 7. The third-order valence-corrected chi connectivity index (χ3v) is 5.35. The van der Waals surface area contributed by atoms with E-state index < -0.39 is 6.03 Å². The number of urea groups is 1. The van der Waals surface area contributed by atoms with E-state index in [-0.39, 0.29) is 6.61 Å². The lowest BCUT2D eigenvalue weighted by molar-refractivity contribution is 0.216. The Morgan fingerprint density at radius 2 is 1.85 bits per heavy atom. The van der Waals surface area contributed by atoms with Gasteiger partial charge in [-0.05, 0) is 44.2 Å². The fourth-order valence-corrected chi connectivity index (χ4v) is 3.68. The molecule has 0 atom stereocenters. The second-order valence-electron chi connectivity index (χ2n) is 7.24. The van der Waals surface area contributed by atoms with Crippen LogP contribution in [0.5, 0.6) is 17.2 Å². The standard InChI is InChI=1S/C22H27ClN6O4/c1-13-21(32-5)14(2)29(26-13)15-9-10-20(17(23)11-15)33-12-16-18(7-6-8-19(16)31-4)28(25)22(30)27(3)24/h6-11H,12,24-25H2,1-5H3. The molecule has 3 aromatic rings. The summed E-state index contributed by atoms with van der Waals surface area (Å²) < 4.78 is 18.6. The third kappa shape index (κ3) is 4.82. The van der Waals surface area contributed by atoms with E-state index in [1.807, 2.05) is 19.9 Å². The molecule has 0 aliphatic heterocycles. The number of carbonyl (C=O) groups excluding carboxylic acids is 1. The van der Waals surface area contributed by atoms with E-state index in [4.69, 9.17) is 37.5 Å². The number of methoxy groups -OCH3 is 2. The predicted molar refractivity (Wildman–Crippen MR) is 126 cm³/mol. The van der Waals surface area contributed by atoms with Crippen LogP contribution in [0, 0.1) is 13.8 Å². The number of hydrazine groups is 2. The summed E-state index contributed by atoms with van der Waals surface area (Å²) in [5, 5.41) is 6.71. The van der Waals surface area contributed by atoms with Crippen molar-refractivity contribution in [3.63, 3.8) is 0 Å². The van der Waals surface area contributed by atoms with Gasteiger partial charge in [0.15, 0.2) is 5.75 Å². The van der Waals surface area contributed by atoms with Gasteiger partial charge in [0, 0.05) is 7.05 Å². The monoisotopic (exact) mass is 474 g/mol. The number of aryl methyl sites for hydroxylation is 1. The lowest BCUT2D eigenvalue weighted by atomic mass is 10.1. The van der Waals surface area contributed by atoms with Gasteiger partial charge in [0.2, 0.25) is 0 Å². The maximum Gasteiger partial charge on any atom is 0.352 e. The average Bonchev–Trinajstić information content (AvgIpc) is 3.09. The Kier molecular flexibility index (Phi) is 7.32. The maximum absolute atomic E-state index is 12.3. The molecular weight excluding hydrogens is 448 g/mol. The molecule has 11 heteroatoms. The van der Waals surface area contributed by atoms with Gasteiger partial charge in [-0.2, -0.15) is 5.10 Å². The zero-order chi connectivity index (χ0) is 24.3. The normalized spacial score (nSPS) is 10.7. The molecule has 1 heterocycles. The van der Waals surface area contributed by atoms with Gasteiger partial charge in [-0.1, -0.05) is 17.7 Å². The Balaban J connectivity index is 1.88.